The summed E-state index contributed by atoms with van der Waals surface area (Å²) in [5.74, 6) is 0. The highest BCUT2D eigenvalue weighted by Crippen LogP contribution is 2.33. The van der Waals surface area contributed by atoms with Crippen LogP contribution in [-0.2, 0) is 19.4 Å². The molecule has 1 saturated carbocycles. The van der Waals surface area contributed by atoms with E-state index in [0.717, 1.165) is 62.1 Å². The van der Waals surface area contributed by atoms with Crippen molar-refractivity contribution in [2.45, 2.75) is 70.4 Å². The number of pyridine rings is 1. The van der Waals surface area contributed by atoms with Gasteiger partial charge in [0.15, 0.2) is 0 Å². The van der Waals surface area contributed by atoms with Gasteiger partial charge >= 0.3 is 0 Å². The molecule has 3 aliphatic carbocycles. The van der Waals surface area contributed by atoms with Crippen LogP contribution in [0, 0.1) is 0 Å². The Morgan fingerprint density at radius 3 is 2.67 bits per heavy atom. The van der Waals surface area contributed by atoms with Crippen molar-refractivity contribution in [1.82, 2.24) is 20.1 Å². The standard InChI is InChI=1S/C22H28N4O/c27-22-18-12-4-3-11-17(18)19-20(15-7-5-8-15)25-26(21(19)24-22)14-6-13-23-16-9-1-2-10-16/h5,7-8,16,23H,1-4,6,9-14H2,(H,24,27). The van der Waals surface area contributed by atoms with Crippen LogP contribution < -0.4 is 10.9 Å². The molecule has 2 aromatic rings. The molecule has 142 valence electrons. The monoisotopic (exact) mass is 364 g/mol. The van der Waals surface area contributed by atoms with Crippen LogP contribution in [0.25, 0.3) is 16.6 Å². The molecule has 5 rings (SSSR count). The average molecular weight is 364 g/mol. The number of nitrogens with zero attached hydrogens (tertiary/aromatic N) is 2. The summed E-state index contributed by atoms with van der Waals surface area (Å²) < 4.78 is 2.03. The molecule has 0 aliphatic heterocycles. The van der Waals surface area contributed by atoms with Gasteiger partial charge in [0.05, 0.1) is 0 Å². The molecule has 0 aromatic carbocycles. The van der Waals surface area contributed by atoms with E-state index < -0.39 is 0 Å². The highest BCUT2D eigenvalue weighted by Gasteiger charge is 2.24. The fraction of sp³-hybridized carbons (Fsp3) is 0.545. The summed E-state index contributed by atoms with van der Waals surface area (Å²) >= 11 is 0. The molecule has 0 spiro atoms. The second-order valence-corrected chi connectivity index (χ2v) is 8.18. The summed E-state index contributed by atoms with van der Waals surface area (Å²) in [7, 11) is 0. The zero-order valence-corrected chi connectivity index (χ0v) is 15.9. The van der Waals surface area contributed by atoms with Crippen molar-refractivity contribution in [1.29, 1.82) is 0 Å². The molecule has 0 unspecified atom stereocenters. The van der Waals surface area contributed by atoms with Crippen LogP contribution >= 0.6 is 0 Å². The van der Waals surface area contributed by atoms with E-state index in [4.69, 9.17) is 5.10 Å². The maximum absolute atomic E-state index is 12.7. The molecule has 0 bridgehead atoms. The Bertz CT molecular complexity index is 972. The number of aromatic nitrogens is 3. The van der Waals surface area contributed by atoms with Gasteiger partial charge in [-0.05, 0) is 57.1 Å². The van der Waals surface area contributed by atoms with Crippen molar-refractivity contribution in [3.8, 4) is 0 Å². The van der Waals surface area contributed by atoms with Crippen LogP contribution in [0.15, 0.2) is 23.0 Å². The topological polar surface area (TPSA) is 62.7 Å². The zero-order chi connectivity index (χ0) is 18.2. The minimum atomic E-state index is 0.0899. The first-order chi connectivity index (χ1) is 13.3. The predicted molar refractivity (Wildman–Crippen MR) is 109 cm³/mol. The van der Waals surface area contributed by atoms with E-state index in [1.165, 1.54) is 42.2 Å². The molecule has 5 heteroatoms. The summed E-state index contributed by atoms with van der Waals surface area (Å²) in [6.45, 7) is 1.85. The average Bonchev–Trinajstić information content (AvgIpc) is 3.26. The smallest absolute Gasteiger partial charge is 0.253 e. The molecule has 2 aromatic heterocycles. The Labute approximate surface area is 159 Å². The van der Waals surface area contributed by atoms with Crippen molar-refractivity contribution in [3.05, 3.63) is 45.4 Å². The summed E-state index contributed by atoms with van der Waals surface area (Å²) in [5.41, 5.74) is 5.46. The summed E-state index contributed by atoms with van der Waals surface area (Å²) in [5, 5.41) is 9.79. The summed E-state index contributed by atoms with van der Waals surface area (Å²) in [4.78, 5) is 15.8. The number of nitrogens with one attached hydrogen (secondary N) is 2. The van der Waals surface area contributed by atoms with Crippen LogP contribution in [0.1, 0.15) is 61.8 Å². The van der Waals surface area contributed by atoms with Crippen molar-refractivity contribution in [2.24, 2.45) is 0 Å². The third-order valence-corrected chi connectivity index (χ3v) is 6.39. The molecule has 5 nitrogen and oxygen atoms in total. The van der Waals surface area contributed by atoms with E-state index in [2.05, 4.69) is 28.5 Å². The Balaban J connectivity index is 1.45. The van der Waals surface area contributed by atoms with E-state index in [-0.39, 0.29) is 5.56 Å². The first kappa shape index (κ1) is 17.0. The number of allylic oxidation sites excluding steroid dienone is 4. The van der Waals surface area contributed by atoms with Crippen LogP contribution in [0.4, 0.5) is 0 Å². The molecule has 0 radical (unpaired) electrons. The van der Waals surface area contributed by atoms with Gasteiger partial charge in [0.1, 0.15) is 11.3 Å². The number of aromatic amines is 1. The molecular formula is C22H28N4O. The highest BCUT2D eigenvalue weighted by molar-refractivity contribution is 5.96. The lowest BCUT2D eigenvalue weighted by molar-refractivity contribution is 0.486. The van der Waals surface area contributed by atoms with Gasteiger partial charge in [0.25, 0.3) is 5.56 Å². The second kappa shape index (κ2) is 7.12. The Kier molecular flexibility index (Phi) is 4.48. The van der Waals surface area contributed by atoms with Gasteiger partial charge in [0.2, 0.25) is 0 Å². The van der Waals surface area contributed by atoms with E-state index in [1.54, 1.807) is 0 Å². The quantitative estimate of drug-likeness (QED) is 0.772. The zero-order valence-electron chi connectivity index (χ0n) is 15.9. The number of fused-ring (bicyclic) bond motifs is 3. The van der Waals surface area contributed by atoms with Gasteiger partial charge in [-0.1, -0.05) is 31.1 Å². The number of H-pyrrole nitrogens is 1. The number of hydrogen-bond donors (Lipinski definition) is 2. The fourth-order valence-corrected chi connectivity index (χ4v) is 4.87. The molecule has 3 aliphatic rings. The van der Waals surface area contributed by atoms with Crippen LogP contribution in [0.2, 0.25) is 0 Å². The molecular weight excluding hydrogens is 336 g/mol. The molecule has 2 N–H and O–H groups in total. The van der Waals surface area contributed by atoms with Gasteiger partial charge in [-0.15, -0.1) is 0 Å². The van der Waals surface area contributed by atoms with E-state index in [0.29, 0.717) is 6.04 Å². The van der Waals surface area contributed by atoms with Gasteiger partial charge < -0.3 is 10.3 Å². The van der Waals surface area contributed by atoms with Crippen molar-refractivity contribution in [2.75, 3.05) is 6.54 Å². The largest absolute Gasteiger partial charge is 0.314 e. The lowest BCUT2D eigenvalue weighted by Gasteiger charge is -2.16. The van der Waals surface area contributed by atoms with Gasteiger partial charge in [-0.2, -0.15) is 5.10 Å². The van der Waals surface area contributed by atoms with Crippen LogP contribution in [0.5, 0.6) is 0 Å². The van der Waals surface area contributed by atoms with Crippen molar-refractivity contribution in [3.63, 3.8) is 0 Å². The highest BCUT2D eigenvalue weighted by atomic mass is 16.1. The molecule has 1 fully saturated rings. The predicted octanol–water partition coefficient (Wildman–Crippen LogP) is 3.48. The first-order valence-electron chi connectivity index (χ1n) is 10.6. The lowest BCUT2D eigenvalue weighted by Crippen LogP contribution is -2.27. The fourth-order valence-electron chi connectivity index (χ4n) is 4.87. The van der Waals surface area contributed by atoms with Gasteiger partial charge in [-0.25, -0.2) is 4.68 Å². The van der Waals surface area contributed by atoms with E-state index in [1.807, 2.05) is 4.68 Å². The molecule has 2 heterocycles. The third-order valence-electron chi connectivity index (χ3n) is 6.39. The minimum absolute atomic E-state index is 0.0899. The second-order valence-electron chi connectivity index (χ2n) is 8.18. The summed E-state index contributed by atoms with van der Waals surface area (Å²) in [6, 6.07) is 0.701. The maximum Gasteiger partial charge on any atom is 0.253 e. The molecule has 0 atom stereocenters. The molecule has 27 heavy (non-hydrogen) atoms. The normalized spacial score (nSPS) is 19.3. The van der Waals surface area contributed by atoms with Gasteiger partial charge in [0, 0.05) is 29.1 Å². The Hall–Kier alpha value is -2.14. The minimum Gasteiger partial charge on any atom is -0.314 e. The first-order valence-corrected chi connectivity index (χ1v) is 10.6. The molecule has 0 saturated heterocycles. The van der Waals surface area contributed by atoms with Crippen molar-refractivity contribution < 1.29 is 0 Å². The van der Waals surface area contributed by atoms with E-state index >= 15 is 0 Å². The number of hydrogen-bond acceptors (Lipinski definition) is 3. The number of aryl methyl sites for hydroxylation is 2. The lowest BCUT2D eigenvalue weighted by atomic mass is 9.89. The maximum atomic E-state index is 12.7. The Morgan fingerprint density at radius 2 is 1.93 bits per heavy atom. The third kappa shape index (κ3) is 3.08. The van der Waals surface area contributed by atoms with Crippen LogP contribution in [0.3, 0.4) is 0 Å². The summed E-state index contributed by atoms with van der Waals surface area (Å²) in [6.07, 6.45) is 16.8. The van der Waals surface area contributed by atoms with E-state index in [9.17, 15) is 4.79 Å². The van der Waals surface area contributed by atoms with Gasteiger partial charge in [-0.3, -0.25) is 4.79 Å². The number of rotatable bonds is 6. The Morgan fingerprint density at radius 1 is 1.15 bits per heavy atom. The van der Waals surface area contributed by atoms with Crippen molar-refractivity contribution >= 4 is 16.6 Å². The SMILES string of the molecule is O=c1[nH]c2c(c(C3=CC=C3)nn2CCCNC2CCCC2)c2c1CCCC2. The van der Waals surface area contributed by atoms with Crippen LogP contribution in [-0.4, -0.2) is 27.4 Å². The molecule has 0 amide bonds.